The Bertz CT molecular complexity index is 130. The molecule has 1 radical (unpaired) electrons. The number of hydrogen-bond donors (Lipinski definition) is 2. The van der Waals surface area contributed by atoms with E-state index < -0.39 is 12.0 Å². The Labute approximate surface area is 47.0 Å². The van der Waals surface area contributed by atoms with Gasteiger partial charge in [-0.25, -0.2) is 0 Å². The van der Waals surface area contributed by atoms with E-state index in [0.717, 1.165) is 0 Å². The van der Waals surface area contributed by atoms with Crippen molar-refractivity contribution in [3.05, 3.63) is 12.2 Å². The maximum absolute atomic E-state index is 10.1. The Morgan fingerprint density at radius 1 is 2.00 bits per heavy atom. The molecule has 0 fully saturated rings. The van der Waals surface area contributed by atoms with E-state index in [-0.39, 0.29) is 0 Å². The first kappa shape index (κ1) is 5.31. The van der Waals surface area contributed by atoms with Crippen molar-refractivity contribution >= 4 is 5.97 Å². The Kier molecular flexibility index (Phi) is 1.30. The van der Waals surface area contributed by atoms with Gasteiger partial charge in [0.05, 0.1) is 0 Å². The Morgan fingerprint density at radius 2 is 2.75 bits per heavy atom. The lowest BCUT2D eigenvalue weighted by molar-refractivity contribution is -0.138. The van der Waals surface area contributed by atoms with Gasteiger partial charge < -0.3 is 5.11 Å². The first-order valence-electron chi connectivity index (χ1n) is 2.34. The first-order valence-corrected chi connectivity index (χ1v) is 2.34. The molecule has 0 aromatic rings. The molecule has 1 aliphatic heterocycles. The Balaban J connectivity index is 2.48. The number of carboxylic acid groups (broad SMARTS) is 1. The fraction of sp³-hybridized carbons (Fsp3) is 0.400. The molecule has 0 spiro atoms. The average Bonchev–Trinajstić information content (AvgIpc) is 2.12. The predicted octanol–water partition coefficient (Wildman–Crippen LogP) is -0.598. The number of hydrogen-bond acceptors (Lipinski definition) is 2. The van der Waals surface area contributed by atoms with E-state index in [9.17, 15) is 4.79 Å². The van der Waals surface area contributed by atoms with Gasteiger partial charge >= 0.3 is 5.97 Å². The summed E-state index contributed by atoms with van der Waals surface area (Å²) in [7, 11) is 0. The molecule has 0 saturated carbocycles. The minimum Gasteiger partial charge on any atom is -0.480 e. The molecule has 0 bridgehead atoms. The van der Waals surface area contributed by atoms with Crippen LogP contribution in [0, 0.1) is 6.08 Å². The fourth-order valence-electron chi connectivity index (χ4n) is 0.571. The van der Waals surface area contributed by atoms with Crippen LogP contribution in [0.1, 0.15) is 0 Å². The maximum Gasteiger partial charge on any atom is 0.325 e. The molecule has 0 aromatic heterocycles. The molecule has 0 amide bonds. The normalized spacial score (nSPS) is 26.2. The monoisotopic (exact) mass is 112 g/mol. The molecule has 1 heterocycles. The Hall–Kier alpha value is -0.830. The number of nitrogens with one attached hydrogen (secondary N) is 1. The standard InChI is InChI=1S/C5H6NO2/c7-5(8)4-2-1-3-6-4/h1,4,6H,3H2,(H,7,8). The zero-order valence-corrected chi connectivity index (χ0v) is 4.22. The summed E-state index contributed by atoms with van der Waals surface area (Å²) in [4.78, 5) is 10.1. The number of carbonyl (C=O) groups is 1. The summed E-state index contributed by atoms with van der Waals surface area (Å²) < 4.78 is 0. The third-order valence-corrected chi connectivity index (χ3v) is 0.956. The molecule has 1 atom stereocenters. The van der Waals surface area contributed by atoms with Crippen molar-refractivity contribution in [2.75, 3.05) is 6.54 Å². The third kappa shape index (κ3) is 0.869. The molecular weight excluding hydrogens is 106 g/mol. The highest BCUT2D eigenvalue weighted by molar-refractivity contribution is 5.75. The zero-order valence-electron chi connectivity index (χ0n) is 4.22. The van der Waals surface area contributed by atoms with E-state index in [2.05, 4.69) is 11.4 Å². The second-order valence-corrected chi connectivity index (χ2v) is 1.55. The molecule has 2 N–H and O–H groups in total. The lowest BCUT2D eigenvalue weighted by atomic mass is 10.3. The van der Waals surface area contributed by atoms with E-state index in [1.165, 1.54) is 0 Å². The molecule has 1 unspecified atom stereocenters. The molecule has 3 nitrogen and oxygen atoms in total. The third-order valence-electron chi connectivity index (χ3n) is 0.956. The van der Waals surface area contributed by atoms with Gasteiger partial charge in [-0.1, -0.05) is 6.08 Å². The largest absolute Gasteiger partial charge is 0.480 e. The van der Waals surface area contributed by atoms with Crippen LogP contribution in [-0.2, 0) is 4.79 Å². The van der Waals surface area contributed by atoms with Crippen molar-refractivity contribution in [1.29, 1.82) is 0 Å². The highest BCUT2D eigenvalue weighted by Gasteiger charge is 2.15. The van der Waals surface area contributed by atoms with Gasteiger partial charge in [0.15, 0.2) is 0 Å². The summed E-state index contributed by atoms with van der Waals surface area (Å²) >= 11 is 0. The van der Waals surface area contributed by atoms with Gasteiger partial charge in [0, 0.05) is 6.54 Å². The average molecular weight is 112 g/mol. The van der Waals surface area contributed by atoms with E-state index >= 15 is 0 Å². The van der Waals surface area contributed by atoms with Gasteiger partial charge in [-0.05, 0) is 6.08 Å². The van der Waals surface area contributed by atoms with Gasteiger partial charge in [-0.15, -0.1) is 0 Å². The molecule has 0 saturated heterocycles. The van der Waals surface area contributed by atoms with Crippen LogP contribution in [-0.4, -0.2) is 23.7 Å². The van der Waals surface area contributed by atoms with E-state index in [1.807, 2.05) is 0 Å². The van der Waals surface area contributed by atoms with E-state index in [1.54, 1.807) is 6.08 Å². The number of aliphatic carboxylic acids is 1. The zero-order chi connectivity index (χ0) is 5.98. The van der Waals surface area contributed by atoms with Crippen molar-refractivity contribution in [2.24, 2.45) is 0 Å². The van der Waals surface area contributed by atoms with Crippen LogP contribution in [0.3, 0.4) is 0 Å². The molecular formula is C5H6NO2. The van der Waals surface area contributed by atoms with Gasteiger partial charge in [-0.3, -0.25) is 10.1 Å². The first-order chi connectivity index (χ1) is 3.80. The summed E-state index contributed by atoms with van der Waals surface area (Å²) in [5, 5.41) is 11.0. The molecule has 0 aliphatic carbocycles. The second-order valence-electron chi connectivity index (χ2n) is 1.55. The lowest BCUT2D eigenvalue weighted by Crippen LogP contribution is -2.30. The van der Waals surface area contributed by atoms with Crippen LogP contribution in [0.4, 0.5) is 0 Å². The number of rotatable bonds is 1. The van der Waals surface area contributed by atoms with E-state index in [0.29, 0.717) is 6.54 Å². The van der Waals surface area contributed by atoms with Crippen LogP contribution in [0.2, 0.25) is 0 Å². The lowest BCUT2D eigenvalue weighted by Gasteiger charge is -1.98. The fourth-order valence-corrected chi connectivity index (χ4v) is 0.571. The summed E-state index contributed by atoms with van der Waals surface area (Å²) in [6.45, 7) is 0.622. The van der Waals surface area contributed by atoms with Crippen molar-refractivity contribution < 1.29 is 9.90 Å². The predicted molar refractivity (Wildman–Crippen MR) is 27.2 cm³/mol. The highest BCUT2D eigenvalue weighted by atomic mass is 16.4. The van der Waals surface area contributed by atoms with Crippen LogP contribution in [0.25, 0.3) is 0 Å². The summed E-state index contributed by atoms with van der Waals surface area (Å²) in [5.74, 6) is -0.862. The number of carboxylic acids is 1. The van der Waals surface area contributed by atoms with Crippen molar-refractivity contribution in [2.45, 2.75) is 6.04 Å². The quantitative estimate of drug-likeness (QED) is 0.476. The minimum absolute atomic E-state index is 0.574. The molecule has 3 heteroatoms. The SMILES string of the molecule is O=C(O)C1[C]=CCN1. The smallest absolute Gasteiger partial charge is 0.325 e. The van der Waals surface area contributed by atoms with Crippen LogP contribution < -0.4 is 5.32 Å². The van der Waals surface area contributed by atoms with Gasteiger partial charge in [0.2, 0.25) is 0 Å². The summed E-state index contributed by atoms with van der Waals surface area (Å²) in [5.41, 5.74) is 0. The van der Waals surface area contributed by atoms with E-state index in [4.69, 9.17) is 5.11 Å². The highest BCUT2D eigenvalue weighted by Crippen LogP contribution is 1.91. The van der Waals surface area contributed by atoms with Crippen molar-refractivity contribution in [3.63, 3.8) is 0 Å². The maximum atomic E-state index is 10.1. The van der Waals surface area contributed by atoms with Crippen molar-refractivity contribution in [1.82, 2.24) is 5.32 Å². The molecule has 8 heavy (non-hydrogen) atoms. The van der Waals surface area contributed by atoms with Gasteiger partial charge in [0.25, 0.3) is 0 Å². The topological polar surface area (TPSA) is 49.3 Å². The second kappa shape index (κ2) is 1.96. The molecule has 1 aliphatic rings. The molecule has 0 aromatic carbocycles. The van der Waals surface area contributed by atoms with Gasteiger partial charge in [-0.2, -0.15) is 0 Å². The van der Waals surface area contributed by atoms with Crippen LogP contribution in [0.5, 0.6) is 0 Å². The summed E-state index contributed by atoms with van der Waals surface area (Å²) in [6.07, 6.45) is 4.30. The van der Waals surface area contributed by atoms with Crippen LogP contribution in [0.15, 0.2) is 6.08 Å². The van der Waals surface area contributed by atoms with Crippen LogP contribution >= 0.6 is 0 Å². The Morgan fingerprint density at radius 3 is 3.00 bits per heavy atom. The molecule has 43 valence electrons. The minimum atomic E-state index is -0.862. The molecule has 1 rings (SSSR count). The van der Waals surface area contributed by atoms with Crippen molar-refractivity contribution in [3.8, 4) is 0 Å². The van der Waals surface area contributed by atoms with Gasteiger partial charge in [0.1, 0.15) is 6.04 Å². The summed E-state index contributed by atoms with van der Waals surface area (Å²) in [6, 6.07) is -0.574.